The number of aliphatic hydroxyl groups excluding tert-OH is 1. The first-order valence-corrected chi connectivity index (χ1v) is 9.10. The van der Waals surface area contributed by atoms with Crippen molar-refractivity contribution in [3.05, 3.63) is 15.8 Å². The molecule has 0 spiro atoms. The number of hydrogen-bond acceptors (Lipinski definition) is 5. The molecule has 2 rings (SSSR count). The van der Waals surface area contributed by atoms with Crippen LogP contribution in [0.5, 0.6) is 0 Å². The van der Waals surface area contributed by atoms with E-state index in [1.807, 2.05) is 0 Å². The Labute approximate surface area is 124 Å². The molecule has 1 aromatic heterocycles. The van der Waals surface area contributed by atoms with E-state index in [9.17, 15) is 8.42 Å². The van der Waals surface area contributed by atoms with Gasteiger partial charge in [0.15, 0.2) is 0 Å². The molecule has 1 aliphatic rings. The van der Waals surface area contributed by atoms with Gasteiger partial charge < -0.3 is 9.84 Å². The molecule has 0 radical (unpaired) electrons. The fraction of sp³-hybridized carbons (Fsp3) is 0.692. The summed E-state index contributed by atoms with van der Waals surface area (Å²) in [4.78, 5) is 1.63. The molecule has 0 unspecified atom stereocenters. The number of aliphatic hydroxyl groups is 1. The summed E-state index contributed by atoms with van der Waals surface area (Å²) >= 11 is 1.30. The van der Waals surface area contributed by atoms with Gasteiger partial charge in [-0.05, 0) is 38.2 Å². The Kier molecular flexibility index (Phi) is 5.57. The van der Waals surface area contributed by atoms with Gasteiger partial charge in [0.05, 0.1) is 11.5 Å². The summed E-state index contributed by atoms with van der Waals surface area (Å²) in [5.41, 5.74) is 0. The molecular weight excluding hydrogens is 298 g/mol. The summed E-state index contributed by atoms with van der Waals surface area (Å²) in [7, 11) is -3.48. The molecule has 0 saturated heterocycles. The standard InChI is InChI=1S/C13H21NO4S2/c1-10-13(7-12(8-15)19-10)20(16,17)14-5-2-6-18-9-11-3-4-11/h7,11,14-15H,2-6,8-9H2,1H3. The van der Waals surface area contributed by atoms with Crippen LogP contribution in [0.3, 0.4) is 0 Å². The lowest BCUT2D eigenvalue weighted by atomic mass is 10.4. The molecule has 1 fully saturated rings. The van der Waals surface area contributed by atoms with Crippen molar-refractivity contribution in [2.45, 2.75) is 37.7 Å². The van der Waals surface area contributed by atoms with Gasteiger partial charge in [-0.15, -0.1) is 11.3 Å². The maximum absolute atomic E-state index is 12.1. The van der Waals surface area contributed by atoms with Crippen LogP contribution in [-0.4, -0.2) is 33.3 Å². The molecule has 2 N–H and O–H groups in total. The lowest BCUT2D eigenvalue weighted by Crippen LogP contribution is -2.25. The topological polar surface area (TPSA) is 75.6 Å². The largest absolute Gasteiger partial charge is 0.391 e. The third-order valence-corrected chi connectivity index (χ3v) is 5.93. The quantitative estimate of drug-likeness (QED) is 0.679. The summed E-state index contributed by atoms with van der Waals surface area (Å²) in [6.07, 6.45) is 3.19. The second-order valence-corrected chi connectivity index (χ2v) is 8.14. The molecule has 1 heterocycles. The lowest BCUT2D eigenvalue weighted by molar-refractivity contribution is 0.123. The lowest BCUT2D eigenvalue weighted by Gasteiger charge is -2.06. The number of hydrogen-bond donors (Lipinski definition) is 2. The van der Waals surface area contributed by atoms with Crippen molar-refractivity contribution in [1.82, 2.24) is 4.72 Å². The smallest absolute Gasteiger partial charge is 0.241 e. The van der Waals surface area contributed by atoms with Gasteiger partial charge in [0.25, 0.3) is 0 Å². The Hall–Kier alpha value is -0.470. The number of nitrogens with one attached hydrogen (secondary N) is 1. The first-order valence-electron chi connectivity index (χ1n) is 6.80. The maximum atomic E-state index is 12.1. The number of thiophene rings is 1. The van der Waals surface area contributed by atoms with Crippen molar-refractivity contribution in [3.63, 3.8) is 0 Å². The molecule has 0 aromatic carbocycles. The summed E-state index contributed by atoms with van der Waals surface area (Å²) in [5, 5.41) is 9.04. The van der Waals surface area contributed by atoms with E-state index in [-0.39, 0.29) is 11.5 Å². The maximum Gasteiger partial charge on any atom is 0.241 e. The molecule has 0 aliphatic heterocycles. The van der Waals surface area contributed by atoms with E-state index in [4.69, 9.17) is 9.84 Å². The van der Waals surface area contributed by atoms with E-state index in [0.29, 0.717) is 29.3 Å². The van der Waals surface area contributed by atoms with Crippen LogP contribution in [0.15, 0.2) is 11.0 Å². The van der Waals surface area contributed by atoms with E-state index in [1.54, 1.807) is 6.92 Å². The van der Waals surface area contributed by atoms with E-state index in [2.05, 4.69) is 4.72 Å². The molecule has 1 saturated carbocycles. The molecule has 114 valence electrons. The zero-order valence-corrected chi connectivity index (χ0v) is 13.2. The van der Waals surface area contributed by atoms with Gasteiger partial charge in [-0.25, -0.2) is 13.1 Å². The molecule has 1 aliphatic carbocycles. The third-order valence-electron chi connectivity index (χ3n) is 3.18. The molecule has 1 aromatic rings. The molecule has 20 heavy (non-hydrogen) atoms. The van der Waals surface area contributed by atoms with E-state index >= 15 is 0 Å². The monoisotopic (exact) mass is 319 g/mol. The van der Waals surface area contributed by atoms with Gasteiger partial charge >= 0.3 is 0 Å². The van der Waals surface area contributed by atoms with Crippen LogP contribution in [0.2, 0.25) is 0 Å². The summed E-state index contributed by atoms with van der Waals surface area (Å²) in [6, 6.07) is 1.53. The SMILES string of the molecule is Cc1sc(CO)cc1S(=O)(=O)NCCCOCC1CC1. The highest BCUT2D eigenvalue weighted by Gasteiger charge is 2.21. The predicted molar refractivity (Wildman–Crippen MR) is 78.3 cm³/mol. The first-order chi connectivity index (χ1) is 9.53. The van der Waals surface area contributed by atoms with Crippen LogP contribution in [0.4, 0.5) is 0 Å². The molecule has 7 heteroatoms. The normalized spacial score (nSPS) is 15.7. The minimum absolute atomic E-state index is 0.129. The molecular formula is C13H21NO4S2. The Morgan fingerprint density at radius 2 is 2.25 bits per heavy atom. The second kappa shape index (κ2) is 7.00. The van der Waals surface area contributed by atoms with E-state index in [1.165, 1.54) is 30.2 Å². The Bertz CT molecular complexity index is 535. The molecule has 5 nitrogen and oxygen atoms in total. The molecule has 0 amide bonds. The van der Waals surface area contributed by atoms with Gasteiger partial charge in [0.1, 0.15) is 0 Å². The Morgan fingerprint density at radius 3 is 2.85 bits per heavy atom. The van der Waals surface area contributed by atoms with Crippen LogP contribution >= 0.6 is 11.3 Å². The van der Waals surface area contributed by atoms with Crippen molar-refractivity contribution < 1.29 is 18.3 Å². The average Bonchev–Trinajstić information content (AvgIpc) is 3.14. The third kappa shape index (κ3) is 4.53. The van der Waals surface area contributed by atoms with Crippen molar-refractivity contribution in [3.8, 4) is 0 Å². The summed E-state index contributed by atoms with van der Waals surface area (Å²) in [5.74, 6) is 0.733. The van der Waals surface area contributed by atoms with Crippen molar-refractivity contribution in [1.29, 1.82) is 0 Å². The van der Waals surface area contributed by atoms with Crippen LogP contribution in [0.1, 0.15) is 29.0 Å². The first kappa shape index (κ1) is 15.9. The minimum atomic E-state index is -3.48. The zero-order chi connectivity index (χ0) is 14.6. The number of rotatable bonds is 9. The van der Waals surface area contributed by atoms with Crippen LogP contribution < -0.4 is 4.72 Å². The Balaban J connectivity index is 1.75. The van der Waals surface area contributed by atoms with Crippen molar-refractivity contribution >= 4 is 21.4 Å². The number of aryl methyl sites for hydroxylation is 1. The van der Waals surface area contributed by atoms with Gasteiger partial charge in [-0.3, -0.25) is 0 Å². The predicted octanol–water partition coefficient (Wildman–Crippen LogP) is 1.64. The number of sulfonamides is 1. The van der Waals surface area contributed by atoms with E-state index in [0.717, 1.165) is 12.5 Å². The van der Waals surface area contributed by atoms with Crippen molar-refractivity contribution in [2.24, 2.45) is 5.92 Å². The zero-order valence-electron chi connectivity index (χ0n) is 11.6. The Morgan fingerprint density at radius 1 is 1.50 bits per heavy atom. The van der Waals surface area contributed by atoms with Crippen LogP contribution in [0.25, 0.3) is 0 Å². The summed E-state index contributed by atoms with van der Waals surface area (Å²) < 4.78 is 32.2. The van der Waals surface area contributed by atoms with E-state index < -0.39 is 10.0 Å². The van der Waals surface area contributed by atoms with Crippen LogP contribution in [0, 0.1) is 12.8 Å². The highest BCUT2D eigenvalue weighted by Crippen LogP contribution is 2.28. The molecule has 0 bridgehead atoms. The van der Waals surface area contributed by atoms with Crippen LogP contribution in [-0.2, 0) is 21.4 Å². The highest BCUT2D eigenvalue weighted by molar-refractivity contribution is 7.89. The average molecular weight is 319 g/mol. The van der Waals surface area contributed by atoms with Gasteiger partial charge in [0, 0.05) is 29.5 Å². The second-order valence-electron chi connectivity index (χ2n) is 5.06. The fourth-order valence-corrected chi connectivity index (χ4v) is 4.43. The summed E-state index contributed by atoms with van der Waals surface area (Å²) in [6.45, 7) is 3.38. The van der Waals surface area contributed by atoms with Crippen molar-refractivity contribution in [2.75, 3.05) is 19.8 Å². The highest BCUT2D eigenvalue weighted by atomic mass is 32.2. The van der Waals surface area contributed by atoms with Gasteiger partial charge in [-0.2, -0.15) is 0 Å². The molecule has 0 atom stereocenters. The van der Waals surface area contributed by atoms with Gasteiger partial charge in [-0.1, -0.05) is 0 Å². The minimum Gasteiger partial charge on any atom is -0.391 e. The fourth-order valence-electron chi connectivity index (χ4n) is 1.86. The van der Waals surface area contributed by atoms with Gasteiger partial charge in [0.2, 0.25) is 10.0 Å². The number of ether oxygens (including phenoxy) is 1.